The van der Waals surface area contributed by atoms with Gasteiger partial charge < -0.3 is 0 Å². The molecule has 0 spiro atoms. The highest BCUT2D eigenvalue weighted by atomic mass is 16.5. The van der Waals surface area contributed by atoms with Crippen LogP contribution in [0.25, 0.3) is 0 Å². The Labute approximate surface area is 166 Å². The second-order valence-corrected chi connectivity index (χ2v) is 11.5. The summed E-state index contributed by atoms with van der Waals surface area (Å²) in [5, 5.41) is 11.6. The summed E-state index contributed by atoms with van der Waals surface area (Å²) >= 11 is 0. The molecule has 0 bridgehead atoms. The van der Waals surface area contributed by atoms with Crippen LogP contribution in [0.2, 0.25) is 0 Å². The molecule has 5 aliphatic carbocycles. The Bertz CT molecular complexity index is 534. The number of nitrogens with zero attached hydrogens (tertiary/aromatic N) is 1. The second kappa shape index (κ2) is 7.29. The van der Waals surface area contributed by atoms with Crippen molar-refractivity contribution in [2.75, 3.05) is 6.54 Å². The van der Waals surface area contributed by atoms with Gasteiger partial charge in [0.25, 0.3) is 0 Å². The number of hydrazine groups is 1. The minimum absolute atomic E-state index is 0.386. The average molecular weight is 375 g/mol. The summed E-state index contributed by atoms with van der Waals surface area (Å²) in [6.45, 7) is 6.11. The maximum Gasteiger partial charge on any atom is 0.0511 e. The van der Waals surface area contributed by atoms with E-state index in [4.69, 9.17) is 0 Å². The number of fused-ring (bicyclic) bond motifs is 5. The van der Waals surface area contributed by atoms with Gasteiger partial charge in [0.05, 0.1) is 6.04 Å². The van der Waals surface area contributed by atoms with Crippen molar-refractivity contribution < 1.29 is 5.21 Å². The van der Waals surface area contributed by atoms with Gasteiger partial charge in [0.15, 0.2) is 0 Å². The van der Waals surface area contributed by atoms with E-state index in [1.54, 1.807) is 0 Å². The van der Waals surface area contributed by atoms with Crippen molar-refractivity contribution in [1.29, 1.82) is 0 Å². The molecule has 0 aromatic heterocycles. The van der Waals surface area contributed by atoms with Gasteiger partial charge in [-0.05, 0) is 111 Å². The van der Waals surface area contributed by atoms with E-state index in [0.29, 0.717) is 11.5 Å². The summed E-state index contributed by atoms with van der Waals surface area (Å²) in [5.41, 5.74) is 3.89. The van der Waals surface area contributed by atoms with Crippen LogP contribution in [0.5, 0.6) is 0 Å². The Hall–Kier alpha value is -0.120. The third-order valence-electron chi connectivity index (χ3n) is 10.0. The second-order valence-electron chi connectivity index (χ2n) is 11.5. The molecule has 0 amide bonds. The normalized spacial score (nSPS) is 50.0. The molecule has 8 unspecified atom stereocenters. The summed E-state index contributed by atoms with van der Waals surface area (Å²) in [5.74, 6) is 6.85. The lowest BCUT2D eigenvalue weighted by molar-refractivity contribution is -0.160. The van der Waals surface area contributed by atoms with E-state index >= 15 is 0 Å². The van der Waals surface area contributed by atoms with Crippen molar-refractivity contribution in [3.63, 3.8) is 0 Å². The Balaban J connectivity index is 1.28. The Morgan fingerprint density at radius 2 is 1.74 bits per heavy atom. The van der Waals surface area contributed by atoms with Crippen LogP contribution in [-0.4, -0.2) is 23.0 Å². The van der Waals surface area contributed by atoms with Gasteiger partial charge >= 0.3 is 0 Å². The Morgan fingerprint density at radius 3 is 2.56 bits per heavy atom. The highest BCUT2D eigenvalue weighted by molar-refractivity contribution is 5.04. The molecule has 8 atom stereocenters. The minimum atomic E-state index is 0.386. The van der Waals surface area contributed by atoms with Crippen LogP contribution < -0.4 is 5.43 Å². The van der Waals surface area contributed by atoms with Crippen molar-refractivity contribution in [2.24, 2.45) is 46.8 Å². The van der Waals surface area contributed by atoms with Crippen LogP contribution in [0.1, 0.15) is 90.9 Å². The molecule has 0 aromatic rings. The SMILES string of the molecule is CC1CCC2C(CCC3C2CCC2(C)C(CNN(O)C4CC4)CCCC32)C1. The van der Waals surface area contributed by atoms with Gasteiger partial charge in [-0.15, -0.1) is 5.17 Å². The molecule has 27 heavy (non-hydrogen) atoms. The van der Waals surface area contributed by atoms with Gasteiger partial charge in [0, 0.05) is 6.54 Å². The molecule has 5 saturated carbocycles. The van der Waals surface area contributed by atoms with Gasteiger partial charge in [-0.3, -0.25) is 5.21 Å². The van der Waals surface area contributed by atoms with Gasteiger partial charge in [0.1, 0.15) is 0 Å². The van der Waals surface area contributed by atoms with Crippen molar-refractivity contribution in [2.45, 2.75) is 96.9 Å². The van der Waals surface area contributed by atoms with E-state index in [2.05, 4.69) is 19.3 Å². The summed E-state index contributed by atoms with van der Waals surface area (Å²) in [7, 11) is 0. The molecule has 0 saturated heterocycles. The van der Waals surface area contributed by atoms with Gasteiger partial charge in [-0.2, -0.15) is 0 Å². The number of hydrogen-bond donors (Lipinski definition) is 2. The Morgan fingerprint density at radius 1 is 0.926 bits per heavy atom. The predicted molar refractivity (Wildman–Crippen MR) is 109 cm³/mol. The van der Waals surface area contributed by atoms with Crippen molar-refractivity contribution >= 4 is 0 Å². The van der Waals surface area contributed by atoms with Crippen molar-refractivity contribution in [3.8, 4) is 0 Å². The van der Waals surface area contributed by atoms with E-state index in [0.717, 1.165) is 60.8 Å². The maximum atomic E-state index is 10.2. The molecular formula is C24H42N2O. The fourth-order valence-electron chi connectivity index (χ4n) is 8.39. The average Bonchev–Trinajstić information content (AvgIpc) is 3.50. The zero-order valence-electron chi connectivity index (χ0n) is 17.7. The predicted octanol–water partition coefficient (Wildman–Crippen LogP) is 5.64. The van der Waals surface area contributed by atoms with Crippen LogP contribution in [-0.2, 0) is 0 Å². The third-order valence-corrected chi connectivity index (χ3v) is 10.0. The fraction of sp³-hybridized carbons (Fsp3) is 1.00. The number of hydrogen-bond acceptors (Lipinski definition) is 3. The highest BCUT2D eigenvalue weighted by Gasteiger charge is 2.55. The summed E-state index contributed by atoms with van der Waals surface area (Å²) < 4.78 is 0. The molecule has 0 aromatic carbocycles. The molecule has 0 radical (unpaired) electrons. The van der Waals surface area contributed by atoms with Crippen molar-refractivity contribution in [1.82, 2.24) is 10.6 Å². The molecule has 3 heteroatoms. The first-order chi connectivity index (χ1) is 13.1. The first-order valence-corrected chi connectivity index (χ1v) is 12.3. The number of nitrogens with one attached hydrogen (secondary N) is 1. The largest absolute Gasteiger partial charge is 0.299 e. The summed E-state index contributed by atoms with van der Waals surface area (Å²) in [6.07, 6.45) is 17.1. The molecule has 2 N–H and O–H groups in total. The lowest BCUT2D eigenvalue weighted by Gasteiger charge is -2.60. The molecule has 5 fully saturated rings. The third kappa shape index (κ3) is 3.40. The molecule has 154 valence electrons. The smallest absolute Gasteiger partial charge is 0.0511 e. The van der Waals surface area contributed by atoms with E-state index < -0.39 is 0 Å². The van der Waals surface area contributed by atoms with Gasteiger partial charge in [-0.25, -0.2) is 5.43 Å². The van der Waals surface area contributed by atoms with Crippen LogP contribution in [0.4, 0.5) is 0 Å². The van der Waals surface area contributed by atoms with Crippen LogP contribution in [0, 0.1) is 46.8 Å². The highest BCUT2D eigenvalue weighted by Crippen LogP contribution is 2.63. The van der Waals surface area contributed by atoms with E-state index in [9.17, 15) is 5.21 Å². The monoisotopic (exact) mass is 374 g/mol. The van der Waals surface area contributed by atoms with Crippen LogP contribution >= 0.6 is 0 Å². The van der Waals surface area contributed by atoms with Gasteiger partial charge in [-0.1, -0.05) is 26.7 Å². The molecular weight excluding hydrogens is 332 g/mol. The zero-order chi connectivity index (χ0) is 18.6. The van der Waals surface area contributed by atoms with Crippen LogP contribution in [0.3, 0.4) is 0 Å². The summed E-state index contributed by atoms with van der Waals surface area (Å²) in [4.78, 5) is 0. The Kier molecular flexibility index (Phi) is 5.10. The lowest BCUT2D eigenvalue weighted by Crippen LogP contribution is -2.55. The topological polar surface area (TPSA) is 35.5 Å². The lowest BCUT2D eigenvalue weighted by atomic mass is 9.45. The van der Waals surface area contributed by atoms with E-state index in [1.165, 1.54) is 69.4 Å². The van der Waals surface area contributed by atoms with Crippen LogP contribution in [0.15, 0.2) is 0 Å². The van der Waals surface area contributed by atoms with E-state index in [-0.39, 0.29) is 0 Å². The number of hydroxylamine groups is 1. The first kappa shape index (κ1) is 18.9. The number of rotatable bonds is 4. The molecule has 0 heterocycles. The van der Waals surface area contributed by atoms with Gasteiger partial charge in [0.2, 0.25) is 0 Å². The zero-order valence-corrected chi connectivity index (χ0v) is 17.7. The molecule has 0 aliphatic heterocycles. The standard InChI is InChI=1S/C24H42N2O/c1-16-6-10-20-17(14-16)7-11-22-21(20)12-13-24(2)18(4-3-5-23(22)24)15-25-26(27)19-8-9-19/h16-23,25,27H,3-15H2,1-2H3. The maximum absolute atomic E-state index is 10.2. The molecule has 3 nitrogen and oxygen atoms in total. The quantitative estimate of drug-likeness (QED) is 0.625. The molecule has 5 aliphatic rings. The summed E-state index contributed by atoms with van der Waals surface area (Å²) in [6, 6.07) is 0.386. The van der Waals surface area contributed by atoms with Crippen molar-refractivity contribution in [3.05, 3.63) is 0 Å². The first-order valence-electron chi connectivity index (χ1n) is 12.3. The van der Waals surface area contributed by atoms with E-state index in [1.807, 2.05) is 0 Å². The fourth-order valence-corrected chi connectivity index (χ4v) is 8.39. The minimum Gasteiger partial charge on any atom is -0.299 e. The molecule has 5 rings (SSSR count).